The quantitative estimate of drug-likeness (QED) is 0.629. The number of hydrogen-bond acceptors (Lipinski definition) is 6. The van der Waals surface area contributed by atoms with Crippen LogP contribution >= 0.6 is 0 Å². The molecule has 172 valence electrons. The minimum Gasteiger partial charge on any atom is -0.462 e. The molecule has 0 radical (unpaired) electrons. The van der Waals surface area contributed by atoms with E-state index in [1.165, 1.54) is 13.8 Å². The molecule has 0 heterocycles. The maximum Gasteiger partial charge on any atom is 0.302 e. The zero-order valence-electron chi connectivity index (χ0n) is 19.4. The molecule has 31 heavy (non-hydrogen) atoms. The fraction of sp³-hybridized carbons (Fsp3) is 0.840. The lowest BCUT2D eigenvalue weighted by Gasteiger charge is -2.63. The van der Waals surface area contributed by atoms with Gasteiger partial charge in [-0.2, -0.15) is 0 Å². The van der Waals surface area contributed by atoms with Gasteiger partial charge in [-0.3, -0.25) is 19.2 Å². The van der Waals surface area contributed by atoms with Gasteiger partial charge in [0.05, 0.1) is 0 Å². The lowest BCUT2D eigenvalue weighted by molar-refractivity contribution is -0.216. The number of hydrogen-bond donors (Lipinski definition) is 0. The first-order valence-corrected chi connectivity index (χ1v) is 11.8. The summed E-state index contributed by atoms with van der Waals surface area (Å²) in [6.45, 7) is 8.98. The van der Waals surface area contributed by atoms with Crippen LogP contribution in [0.5, 0.6) is 0 Å². The lowest BCUT2D eigenvalue weighted by Crippen LogP contribution is -2.63. The Bertz CT molecular complexity index is 804. The molecule has 4 saturated carbocycles. The third-order valence-electron chi connectivity index (χ3n) is 9.51. The summed E-state index contributed by atoms with van der Waals surface area (Å²) < 4.78 is 11.8. The Morgan fingerprint density at radius 2 is 1.55 bits per heavy atom. The monoisotopic (exact) mass is 432 g/mol. The van der Waals surface area contributed by atoms with Crippen LogP contribution in [0.15, 0.2) is 0 Å². The van der Waals surface area contributed by atoms with Crippen LogP contribution in [0.25, 0.3) is 0 Å². The fourth-order valence-electron chi connectivity index (χ4n) is 8.49. The Balaban J connectivity index is 1.79. The van der Waals surface area contributed by atoms with Crippen LogP contribution in [-0.2, 0) is 28.7 Å². The van der Waals surface area contributed by atoms with Crippen molar-refractivity contribution in [2.24, 2.45) is 40.4 Å². The number of ether oxygens (including phenoxy) is 2. The molecular formula is C25H36O6. The van der Waals surface area contributed by atoms with E-state index in [2.05, 4.69) is 13.8 Å². The van der Waals surface area contributed by atoms with E-state index in [1.807, 2.05) is 0 Å². The van der Waals surface area contributed by atoms with Gasteiger partial charge in [-0.25, -0.2) is 0 Å². The highest BCUT2D eigenvalue weighted by atomic mass is 16.5. The molecule has 4 aliphatic carbocycles. The van der Waals surface area contributed by atoms with Crippen LogP contribution in [0.1, 0.15) is 79.6 Å². The predicted molar refractivity (Wildman–Crippen MR) is 113 cm³/mol. The molecule has 0 aliphatic heterocycles. The van der Waals surface area contributed by atoms with E-state index >= 15 is 0 Å². The number of fused-ring (bicyclic) bond motifs is 5. The molecule has 4 rings (SSSR count). The molecule has 0 N–H and O–H groups in total. The molecule has 4 aliphatic rings. The van der Waals surface area contributed by atoms with E-state index in [4.69, 9.17) is 9.47 Å². The summed E-state index contributed by atoms with van der Waals surface area (Å²) in [7, 11) is 0. The second-order valence-electron chi connectivity index (χ2n) is 11.1. The zero-order chi connectivity index (χ0) is 22.7. The molecule has 6 nitrogen and oxygen atoms in total. The first kappa shape index (κ1) is 22.5. The third kappa shape index (κ3) is 3.54. The van der Waals surface area contributed by atoms with Gasteiger partial charge in [-0.1, -0.05) is 13.8 Å². The molecule has 4 fully saturated rings. The third-order valence-corrected chi connectivity index (χ3v) is 9.51. The van der Waals surface area contributed by atoms with Crippen molar-refractivity contribution in [2.45, 2.75) is 91.8 Å². The molecule has 0 bridgehead atoms. The van der Waals surface area contributed by atoms with Gasteiger partial charge in [-0.05, 0) is 61.7 Å². The molecule has 9 atom stereocenters. The van der Waals surface area contributed by atoms with Gasteiger partial charge in [0, 0.05) is 44.4 Å². The Morgan fingerprint density at radius 3 is 2.16 bits per heavy atom. The van der Waals surface area contributed by atoms with Crippen LogP contribution in [0, 0.1) is 40.4 Å². The van der Waals surface area contributed by atoms with E-state index in [0.29, 0.717) is 31.6 Å². The van der Waals surface area contributed by atoms with Crippen LogP contribution in [-0.4, -0.2) is 35.7 Å². The summed E-state index contributed by atoms with van der Waals surface area (Å²) in [5, 5.41) is 0. The minimum atomic E-state index is -0.313. The minimum absolute atomic E-state index is 0.0258. The Hall–Kier alpha value is -1.72. The summed E-state index contributed by atoms with van der Waals surface area (Å²) in [6, 6.07) is 0. The molecule has 0 aromatic carbocycles. The van der Waals surface area contributed by atoms with Crippen molar-refractivity contribution in [3.8, 4) is 0 Å². The largest absolute Gasteiger partial charge is 0.462 e. The van der Waals surface area contributed by atoms with E-state index in [9.17, 15) is 19.2 Å². The summed E-state index contributed by atoms with van der Waals surface area (Å²) in [5.41, 5.74) is -0.464. The maximum absolute atomic E-state index is 12.5. The molecule has 6 heteroatoms. The highest BCUT2D eigenvalue weighted by molar-refractivity contribution is 5.80. The lowest BCUT2D eigenvalue weighted by atomic mass is 9.43. The van der Waals surface area contributed by atoms with Gasteiger partial charge < -0.3 is 9.47 Å². The smallest absolute Gasteiger partial charge is 0.302 e. The molecule has 0 saturated heterocycles. The van der Waals surface area contributed by atoms with E-state index in [0.717, 1.165) is 19.3 Å². The van der Waals surface area contributed by atoms with Crippen molar-refractivity contribution in [2.75, 3.05) is 0 Å². The maximum atomic E-state index is 12.5. The van der Waals surface area contributed by atoms with E-state index in [1.54, 1.807) is 6.92 Å². The zero-order valence-corrected chi connectivity index (χ0v) is 19.4. The Morgan fingerprint density at radius 1 is 0.903 bits per heavy atom. The molecule has 0 aromatic rings. The predicted octanol–water partition coefficient (Wildman–Crippen LogP) is 3.89. The van der Waals surface area contributed by atoms with Crippen molar-refractivity contribution in [1.82, 2.24) is 0 Å². The molecule has 0 spiro atoms. The normalized spacial score (nSPS) is 46.4. The second-order valence-corrected chi connectivity index (χ2v) is 11.1. The summed E-state index contributed by atoms with van der Waals surface area (Å²) in [6.07, 6.45) is 4.30. The van der Waals surface area contributed by atoms with Crippen LogP contribution in [0.4, 0.5) is 0 Å². The van der Waals surface area contributed by atoms with Crippen LogP contribution < -0.4 is 0 Å². The first-order chi connectivity index (χ1) is 14.5. The molecule has 0 unspecified atom stereocenters. The highest BCUT2D eigenvalue weighted by Gasteiger charge is 2.66. The Kier molecular flexibility index (Phi) is 5.58. The standard InChI is InChI=1S/C25H36O6/c1-13(26)18-6-7-19-17-11-21(30-14(2)27)20-10-16(29)8-9-24(20,4)23(17)22(31-15(3)28)12-25(18,19)5/h17-23H,6-12H2,1-5H3/t17-,18-,19+,20-,21-,22-,23+,24-,25+/m1/s1. The van der Waals surface area contributed by atoms with Gasteiger partial charge in [0.25, 0.3) is 0 Å². The number of carbonyl (C=O) groups is 4. The summed E-state index contributed by atoms with van der Waals surface area (Å²) >= 11 is 0. The van der Waals surface area contributed by atoms with Crippen molar-refractivity contribution < 1.29 is 28.7 Å². The number of esters is 2. The average molecular weight is 433 g/mol. The van der Waals surface area contributed by atoms with Crippen molar-refractivity contribution >= 4 is 23.5 Å². The highest BCUT2D eigenvalue weighted by Crippen LogP contribution is 2.68. The van der Waals surface area contributed by atoms with Crippen LogP contribution in [0.2, 0.25) is 0 Å². The van der Waals surface area contributed by atoms with Crippen molar-refractivity contribution in [3.63, 3.8) is 0 Å². The molecule has 0 aromatic heterocycles. The van der Waals surface area contributed by atoms with Crippen LogP contribution in [0.3, 0.4) is 0 Å². The summed E-state index contributed by atoms with van der Waals surface area (Å²) in [4.78, 5) is 49.0. The SMILES string of the molecule is CC(=O)O[C@@H]1C[C@@]2(C)[C@@H](C(C)=O)CC[C@H]2[C@H]2C[C@@H](OC(C)=O)[C@H]3CC(=O)CC[C@@]3(C)[C@@H]21. The second kappa shape index (κ2) is 7.70. The molecule has 0 amide bonds. The van der Waals surface area contributed by atoms with E-state index in [-0.39, 0.29) is 70.2 Å². The number of carbonyl (C=O) groups excluding carboxylic acids is 4. The summed E-state index contributed by atoms with van der Waals surface area (Å²) in [5.74, 6) is 0.394. The van der Waals surface area contributed by atoms with Gasteiger partial charge in [0.1, 0.15) is 23.8 Å². The van der Waals surface area contributed by atoms with Gasteiger partial charge in [0.15, 0.2) is 0 Å². The number of ketones is 2. The van der Waals surface area contributed by atoms with Crippen molar-refractivity contribution in [1.29, 1.82) is 0 Å². The number of rotatable bonds is 3. The van der Waals surface area contributed by atoms with Gasteiger partial charge >= 0.3 is 11.9 Å². The van der Waals surface area contributed by atoms with E-state index < -0.39 is 0 Å². The van der Waals surface area contributed by atoms with Crippen molar-refractivity contribution in [3.05, 3.63) is 0 Å². The topological polar surface area (TPSA) is 86.7 Å². The van der Waals surface area contributed by atoms with Gasteiger partial charge in [-0.15, -0.1) is 0 Å². The fourth-order valence-corrected chi connectivity index (χ4v) is 8.49. The number of Topliss-reactive ketones (excluding diaryl/α,β-unsaturated/α-hetero) is 2. The Labute approximate surface area is 184 Å². The molecular weight excluding hydrogens is 396 g/mol. The average Bonchev–Trinajstić information content (AvgIpc) is 2.99. The van der Waals surface area contributed by atoms with Gasteiger partial charge in [0.2, 0.25) is 0 Å². The first-order valence-electron chi connectivity index (χ1n) is 11.8.